The molecule has 3 atom stereocenters. The predicted molar refractivity (Wildman–Crippen MR) is 68.6 cm³/mol. The van der Waals surface area contributed by atoms with Crippen LogP contribution in [0.15, 0.2) is 0 Å². The lowest BCUT2D eigenvalue weighted by Crippen LogP contribution is -2.38. The fourth-order valence-corrected chi connectivity index (χ4v) is 2.23. The molecule has 1 aliphatic rings. The summed E-state index contributed by atoms with van der Waals surface area (Å²) in [5.74, 6) is 0.222. The molecule has 1 heterocycles. The summed E-state index contributed by atoms with van der Waals surface area (Å²) in [6.45, 7) is 8.73. The maximum absolute atomic E-state index is 11.7. The van der Waals surface area contributed by atoms with Gasteiger partial charge in [0.05, 0.1) is 0 Å². The molecule has 0 spiro atoms. The molecule has 0 aliphatic carbocycles. The van der Waals surface area contributed by atoms with Gasteiger partial charge in [-0.15, -0.1) is 0 Å². The monoisotopic (exact) mass is 242 g/mol. The normalized spacial score (nSPS) is 26.9. The third kappa shape index (κ3) is 5.04. The van der Waals surface area contributed by atoms with E-state index in [-0.39, 0.29) is 5.97 Å². The summed E-state index contributed by atoms with van der Waals surface area (Å²) in [6.07, 6.45) is 2.98. The molecule has 17 heavy (non-hydrogen) atoms. The Hall–Kier alpha value is -0.610. The number of nitrogens with two attached hydrogens (primary N) is 1. The minimum absolute atomic E-state index is 0.280. The SMILES string of the molecule is CC[C@H]1C[C@@H](C[C@H](N)C(=O)OC(C)(C)C)CN1. The Balaban J connectivity index is 2.34. The van der Waals surface area contributed by atoms with Crippen molar-refractivity contribution >= 4 is 5.97 Å². The maximum atomic E-state index is 11.7. The van der Waals surface area contributed by atoms with Crippen LogP contribution in [0.25, 0.3) is 0 Å². The summed E-state index contributed by atoms with van der Waals surface area (Å²) in [7, 11) is 0. The molecule has 0 aromatic rings. The molecule has 1 aliphatic heterocycles. The predicted octanol–water partition coefficient (Wildman–Crippen LogP) is 1.43. The first kappa shape index (κ1) is 14.5. The van der Waals surface area contributed by atoms with Gasteiger partial charge in [0.25, 0.3) is 0 Å². The van der Waals surface area contributed by atoms with E-state index in [0.29, 0.717) is 12.0 Å². The number of hydrogen-bond acceptors (Lipinski definition) is 4. The lowest BCUT2D eigenvalue weighted by atomic mass is 9.96. The van der Waals surface area contributed by atoms with E-state index < -0.39 is 11.6 Å². The number of rotatable bonds is 4. The molecule has 4 nitrogen and oxygen atoms in total. The van der Waals surface area contributed by atoms with E-state index in [1.54, 1.807) is 0 Å². The van der Waals surface area contributed by atoms with E-state index in [4.69, 9.17) is 10.5 Å². The molecule has 0 saturated carbocycles. The van der Waals surface area contributed by atoms with Crippen LogP contribution in [0.3, 0.4) is 0 Å². The first-order chi connectivity index (χ1) is 7.81. The van der Waals surface area contributed by atoms with Crippen molar-refractivity contribution in [3.8, 4) is 0 Å². The third-order valence-electron chi connectivity index (χ3n) is 3.10. The zero-order valence-corrected chi connectivity index (χ0v) is 11.5. The number of nitrogens with one attached hydrogen (secondary N) is 1. The molecule has 0 amide bonds. The standard InChI is InChI=1S/C13H26N2O2/c1-5-10-6-9(8-15-10)7-11(14)12(16)17-13(2,3)4/h9-11,15H,5-8,14H2,1-4H3/t9-,10-,11-/m0/s1. The highest BCUT2D eigenvalue weighted by molar-refractivity contribution is 5.75. The quantitative estimate of drug-likeness (QED) is 0.732. The Bertz CT molecular complexity index is 261. The zero-order valence-electron chi connectivity index (χ0n) is 11.5. The number of carbonyl (C=O) groups excluding carboxylic acids is 1. The van der Waals surface area contributed by atoms with Gasteiger partial charge in [0.1, 0.15) is 11.6 Å². The summed E-state index contributed by atoms with van der Waals surface area (Å²) in [5.41, 5.74) is 5.44. The van der Waals surface area contributed by atoms with Crippen LogP contribution in [0.1, 0.15) is 47.0 Å². The largest absolute Gasteiger partial charge is 0.459 e. The first-order valence-electron chi connectivity index (χ1n) is 6.53. The van der Waals surface area contributed by atoms with Gasteiger partial charge in [0.2, 0.25) is 0 Å². The van der Waals surface area contributed by atoms with Crippen LogP contribution in [-0.4, -0.2) is 30.2 Å². The molecule has 0 aromatic carbocycles. The third-order valence-corrected chi connectivity index (χ3v) is 3.10. The van der Waals surface area contributed by atoms with E-state index in [1.165, 1.54) is 0 Å². The van der Waals surface area contributed by atoms with E-state index in [0.717, 1.165) is 25.8 Å². The highest BCUT2D eigenvalue weighted by Gasteiger charge is 2.28. The van der Waals surface area contributed by atoms with Gasteiger partial charge in [0, 0.05) is 6.04 Å². The van der Waals surface area contributed by atoms with Gasteiger partial charge in [-0.3, -0.25) is 4.79 Å². The molecular weight excluding hydrogens is 216 g/mol. The number of hydrogen-bond donors (Lipinski definition) is 2. The fourth-order valence-electron chi connectivity index (χ4n) is 2.23. The fraction of sp³-hybridized carbons (Fsp3) is 0.923. The summed E-state index contributed by atoms with van der Waals surface area (Å²) in [5, 5.41) is 3.44. The van der Waals surface area contributed by atoms with Gasteiger partial charge >= 0.3 is 5.97 Å². The molecule has 100 valence electrons. The van der Waals surface area contributed by atoms with Crippen LogP contribution in [0, 0.1) is 5.92 Å². The topological polar surface area (TPSA) is 64.4 Å². The molecule has 0 aromatic heterocycles. The van der Waals surface area contributed by atoms with E-state index in [1.807, 2.05) is 20.8 Å². The van der Waals surface area contributed by atoms with Crippen LogP contribution in [0.2, 0.25) is 0 Å². The van der Waals surface area contributed by atoms with Crippen molar-refractivity contribution in [2.75, 3.05) is 6.54 Å². The molecule has 3 N–H and O–H groups in total. The molecule has 1 saturated heterocycles. The Kier molecular flexibility index (Phi) is 4.95. The van der Waals surface area contributed by atoms with Gasteiger partial charge in [0.15, 0.2) is 0 Å². The maximum Gasteiger partial charge on any atom is 0.323 e. The molecule has 1 rings (SSSR count). The number of carbonyl (C=O) groups is 1. The van der Waals surface area contributed by atoms with Crippen molar-refractivity contribution in [3.05, 3.63) is 0 Å². The molecular formula is C13H26N2O2. The number of esters is 1. The molecule has 0 bridgehead atoms. The molecule has 0 unspecified atom stereocenters. The van der Waals surface area contributed by atoms with Gasteiger partial charge in [-0.1, -0.05) is 6.92 Å². The van der Waals surface area contributed by atoms with Crippen molar-refractivity contribution in [3.63, 3.8) is 0 Å². The van der Waals surface area contributed by atoms with E-state index in [2.05, 4.69) is 12.2 Å². The van der Waals surface area contributed by atoms with Crippen molar-refractivity contribution in [1.82, 2.24) is 5.32 Å². The van der Waals surface area contributed by atoms with Crippen LogP contribution < -0.4 is 11.1 Å². The average molecular weight is 242 g/mol. The van der Waals surface area contributed by atoms with Crippen LogP contribution >= 0.6 is 0 Å². The lowest BCUT2D eigenvalue weighted by molar-refractivity contribution is -0.156. The van der Waals surface area contributed by atoms with E-state index in [9.17, 15) is 4.79 Å². The van der Waals surface area contributed by atoms with Crippen molar-refractivity contribution in [2.24, 2.45) is 11.7 Å². The second-order valence-electron chi connectivity index (χ2n) is 5.99. The second kappa shape index (κ2) is 5.83. The molecule has 0 radical (unpaired) electrons. The van der Waals surface area contributed by atoms with Crippen molar-refractivity contribution < 1.29 is 9.53 Å². The summed E-state index contributed by atoms with van der Waals surface area (Å²) in [6, 6.07) is 0.0995. The van der Waals surface area contributed by atoms with Crippen molar-refractivity contribution in [1.29, 1.82) is 0 Å². The highest BCUT2D eigenvalue weighted by Crippen LogP contribution is 2.21. The zero-order chi connectivity index (χ0) is 13.1. The molecule has 1 fully saturated rings. The summed E-state index contributed by atoms with van der Waals surface area (Å²) < 4.78 is 5.28. The highest BCUT2D eigenvalue weighted by atomic mass is 16.6. The van der Waals surface area contributed by atoms with Gasteiger partial charge in [-0.25, -0.2) is 0 Å². The molecule has 4 heteroatoms. The minimum atomic E-state index is -0.489. The minimum Gasteiger partial charge on any atom is -0.459 e. The second-order valence-corrected chi connectivity index (χ2v) is 5.99. The van der Waals surface area contributed by atoms with Gasteiger partial charge in [-0.2, -0.15) is 0 Å². The summed E-state index contributed by atoms with van der Waals surface area (Å²) >= 11 is 0. The Labute approximate surface area is 104 Å². The van der Waals surface area contributed by atoms with Gasteiger partial charge in [-0.05, 0) is 52.5 Å². The Morgan fingerprint density at radius 3 is 2.65 bits per heavy atom. The average Bonchev–Trinajstić information content (AvgIpc) is 2.62. The van der Waals surface area contributed by atoms with Crippen LogP contribution in [0.5, 0.6) is 0 Å². The van der Waals surface area contributed by atoms with Crippen LogP contribution in [-0.2, 0) is 9.53 Å². The van der Waals surface area contributed by atoms with E-state index >= 15 is 0 Å². The van der Waals surface area contributed by atoms with Crippen molar-refractivity contribution in [2.45, 2.75) is 64.6 Å². The Morgan fingerprint density at radius 2 is 2.18 bits per heavy atom. The smallest absolute Gasteiger partial charge is 0.323 e. The van der Waals surface area contributed by atoms with Crippen LogP contribution in [0.4, 0.5) is 0 Å². The van der Waals surface area contributed by atoms with Gasteiger partial charge < -0.3 is 15.8 Å². The first-order valence-corrected chi connectivity index (χ1v) is 6.53. The Morgan fingerprint density at radius 1 is 1.53 bits per heavy atom. The summed E-state index contributed by atoms with van der Waals surface area (Å²) in [4.78, 5) is 11.7. The number of ether oxygens (including phenoxy) is 1. The lowest BCUT2D eigenvalue weighted by Gasteiger charge is -2.23.